The van der Waals surface area contributed by atoms with Gasteiger partial charge >= 0.3 is 0 Å². The quantitative estimate of drug-likeness (QED) is 0.158. The van der Waals surface area contributed by atoms with E-state index in [1.807, 2.05) is 54.7 Å². The molecule has 0 aliphatic carbocycles. The zero-order valence-corrected chi connectivity index (χ0v) is 31.7. The van der Waals surface area contributed by atoms with Crippen LogP contribution >= 0.6 is 0 Å². The topological polar surface area (TPSA) is 55.3 Å². The van der Waals surface area contributed by atoms with E-state index in [2.05, 4.69) is 155 Å². The molecule has 59 heavy (non-hydrogen) atoms. The normalized spacial score (nSPS) is 11.7. The van der Waals surface area contributed by atoms with Gasteiger partial charge in [0.15, 0.2) is 11.2 Å². The summed E-state index contributed by atoms with van der Waals surface area (Å²) in [5, 5.41) is 8.35. The minimum atomic E-state index is 0.602. The van der Waals surface area contributed by atoms with Crippen molar-refractivity contribution in [2.45, 2.75) is 0 Å². The van der Waals surface area contributed by atoms with Crippen LogP contribution in [0.4, 0.5) is 17.1 Å². The average Bonchev–Trinajstić information content (AvgIpc) is 3.91. The maximum absolute atomic E-state index is 6.17. The molecule has 0 unspecified atom stereocenters. The molecule has 0 fully saturated rings. The molecule has 0 bridgehead atoms. The van der Waals surface area contributed by atoms with E-state index in [1.165, 1.54) is 43.4 Å². The highest BCUT2D eigenvalue weighted by atomic mass is 16.3. The summed E-state index contributed by atoms with van der Waals surface area (Å²) in [5.74, 6) is 0.602. The minimum Gasteiger partial charge on any atom is -0.454 e. The lowest BCUT2D eigenvalue weighted by Crippen LogP contribution is -2.09. The molecule has 9 aromatic carbocycles. The first-order valence-electron chi connectivity index (χ1n) is 19.8. The van der Waals surface area contributed by atoms with Crippen LogP contribution in [0.2, 0.25) is 0 Å². The van der Waals surface area contributed by atoms with Gasteiger partial charge in [-0.3, -0.25) is 4.98 Å². The predicted octanol–water partition coefficient (Wildman–Crippen LogP) is 15.1. The molecule has 0 saturated carbocycles. The molecule has 0 amide bonds. The number of hydrogen-bond acceptors (Lipinski definition) is 5. The van der Waals surface area contributed by atoms with E-state index < -0.39 is 0 Å². The fraction of sp³-hybridized carbons (Fsp3) is 0. The Morgan fingerprint density at radius 1 is 0.390 bits per heavy atom. The highest BCUT2D eigenvalue weighted by molar-refractivity contribution is 6.11. The second-order valence-electron chi connectivity index (χ2n) is 15.0. The van der Waals surface area contributed by atoms with E-state index in [0.717, 1.165) is 66.9 Å². The van der Waals surface area contributed by atoms with Gasteiger partial charge < -0.3 is 13.7 Å². The molecule has 0 N–H and O–H groups in total. The lowest BCUT2D eigenvalue weighted by Gasteiger charge is -2.26. The molecule has 12 rings (SSSR count). The van der Waals surface area contributed by atoms with E-state index in [4.69, 9.17) is 13.8 Å². The second kappa shape index (κ2) is 13.3. The van der Waals surface area contributed by atoms with Crippen LogP contribution in [0.3, 0.4) is 0 Å². The van der Waals surface area contributed by atoms with Crippen molar-refractivity contribution in [3.8, 4) is 33.7 Å². The number of fused-ring (bicyclic) bond motifs is 8. The number of para-hydroxylation sites is 2. The summed E-state index contributed by atoms with van der Waals surface area (Å²) in [6, 6.07) is 68.5. The van der Waals surface area contributed by atoms with Crippen LogP contribution in [0.5, 0.6) is 0 Å². The molecule has 0 aliphatic rings. The van der Waals surface area contributed by atoms with Gasteiger partial charge in [-0.15, -0.1) is 0 Å². The molecule has 0 aliphatic heterocycles. The first-order chi connectivity index (χ1) is 29.2. The summed E-state index contributed by atoms with van der Waals surface area (Å²) < 4.78 is 12.3. The minimum absolute atomic E-state index is 0.602. The zero-order valence-electron chi connectivity index (χ0n) is 31.7. The third-order valence-electron chi connectivity index (χ3n) is 11.5. The van der Waals surface area contributed by atoms with Gasteiger partial charge in [0.25, 0.3) is 0 Å². The Labute approximate surface area is 339 Å². The van der Waals surface area contributed by atoms with Crippen LogP contribution in [-0.4, -0.2) is 9.97 Å². The monoisotopic (exact) mass is 755 g/mol. The Morgan fingerprint density at radius 2 is 1.00 bits per heavy atom. The molecule has 5 heteroatoms. The largest absolute Gasteiger partial charge is 0.454 e. The summed E-state index contributed by atoms with van der Waals surface area (Å²) in [7, 11) is 0. The number of benzene rings is 9. The fourth-order valence-electron chi connectivity index (χ4n) is 8.61. The number of rotatable bonds is 6. The van der Waals surface area contributed by atoms with Crippen molar-refractivity contribution in [2.24, 2.45) is 0 Å². The Morgan fingerprint density at radius 3 is 1.81 bits per heavy atom. The summed E-state index contributed by atoms with van der Waals surface area (Å²) in [6.07, 6.45) is 1.82. The van der Waals surface area contributed by atoms with Crippen molar-refractivity contribution in [2.75, 3.05) is 4.90 Å². The number of nitrogens with zero attached hydrogens (tertiary/aromatic N) is 3. The summed E-state index contributed by atoms with van der Waals surface area (Å²) in [5.41, 5.74) is 12.7. The smallest absolute Gasteiger partial charge is 0.227 e. The van der Waals surface area contributed by atoms with Gasteiger partial charge in [-0.2, -0.15) is 0 Å². The third-order valence-corrected chi connectivity index (χ3v) is 11.5. The highest BCUT2D eigenvalue weighted by Gasteiger charge is 2.18. The Kier molecular flexibility index (Phi) is 7.47. The molecular formula is C54H33N3O2. The van der Waals surface area contributed by atoms with Crippen molar-refractivity contribution in [3.05, 3.63) is 200 Å². The molecule has 276 valence electrons. The van der Waals surface area contributed by atoms with Gasteiger partial charge in [0.2, 0.25) is 5.89 Å². The summed E-state index contributed by atoms with van der Waals surface area (Å²) >= 11 is 0. The average molecular weight is 756 g/mol. The Hall–Kier alpha value is -8.02. The lowest BCUT2D eigenvalue weighted by atomic mass is 9.96. The van der Waals surface area contributed by atoms with Crippen molar-refractivity contribution in [1.82, 2.24) is 9.97 Å². The third kappa shape index (κ3) is 5.63. The molecular weight excluding hydrogens is 723 g/mol. The summed E-state index contributed by atoms with van der Waals surface area (Å²) in [4.78, 5) is 11.7. The van der Waals surface area contributed by atoms with Crippen LogP contribution in [0.15, 0.2) is 209 Å². The fourth-order valence-corrected chi connectivity index (χ4v) is 8.61. The molecule has 0 radical (unpaired) electrons. The number of oxazole rings is 1. The van der Waals surface area contributed by atoms with E-state index in [9.17, 15) is 0 Å². The number of furan rings is 1. The summed E-state index contributed by atoms with van der Waals surface area (Å²) in [6.45, 7) is 0. The maximum atomic E-state index is 6.17. The van der Waals surface area contributed by atoms with E-state index in [0.29, 0.717) is 5.89 Å². The van der Waals surface area contributed by atoms with Gasteiger partial charge in [-0.1, -0.05) is 103 Å². The second-order valence-corrected chi connectivity index (χ2v) is 15.0. The molecule has 3 aromatic heterocycles. The zero-order chi connectivity index (χ0) is 38.9. The maximum Gasteiger partial charge on any atom is 0.227 e. The van der Waals surface area contributed by atoms with Crippen LogP contribution in [0, 0.1) is 0 Å². The Bertz CT molecular complexity index is 3530. The first kappa shape index (κ1) is 33.2. The van der Waals surface area contributed by atoms with Gasteiger partial charge in [-0.05, 0) is 146 Å². The number of anilines is 3. The lowest BCUT2D eigenvalue weighted by molar-refractivity contribution is 0.620. The molecule has 0 saturated heterocycles. The molecule has 5 nitrogen and oxygen atoms in total. The van der Waals surface area contributed by atoms with Crippen molar-refractivity contribution in [3.63, 3.8) is 0 Å². The number of hydrogen-bond donors (Lipinski definition) is 0. The first-order valence-corrected chi connectivity index (χ1v) is 19.8. The van der Waals surface area contributed by atoms with Crippen molar-refractivity contribution in [1.29, 1.82) is 0 Å². The van der Waals surface area contributed by atoms with E-state index >= 15 is 0 Å². The van der Waals surface area contributed by atoms with Gasteiger partial charge in [-0.25, -0.2) is 4.98 Å². The van der Waals surface area contributed by atoms with Gasteiger partial charge in [0.05, 0.1) is 5.39 Å². The highest BCUT2D eigenvalue weighted by Crippen LogP contribution is 2.41. The van der Waals surface area contributed by atoms with Crippen molar-refractivity contribution < 1.29 is 8.83 Å². The standard InChI is InChI=1S/C54H33N3O2/c1-2-8-37-31-38(15-14-34(37)7-1)39-22-28-45-40(32-39)16-17-41-33-44(27-29-46(41)45)57(43-25-20-36(21-26-43)54-56-48-10-3-4-11-49(48)59-54)42-23-18-35(19-24-42)47-9-5-12-50-52(47)53-51(58-50)13-6-30-55-53/h1-33H. The molecule has 0 atom stereocenters. The molecule has 3 heterocycles. The number of pyridine rings is 1. The molecule has 0 spiro atoms. The Balaban J connectivity index is 0.950. The predicted molar refractivity (Wildman–Crippen MR) is 243 cm³/mol. The van der Waals surface area contributed by atoms with Gasteiger partial charge in [0, 0.05) is 28.8 Å². The van der Waals surface area contributed by atoms with E-state index in [1.54, 1.807) is 0 Å². The van der Waals surface area contributed by atoms with Crippen LogP contribution < -0.4 is 4.90 Å². The number of aromatic nitrogens is 2. The van der Waals surface area contributed by atoms with Gasteiger partial charge in [0.1, 0.15) is 16.6 Å². The van der Waals surface area contributed by atoms with E-state index in [-0.39, 0.29) is 0 Å². The van der Waals surface area contributed by atoms with Crippen molar-refractivity contribution >= 4 is 82.5 Å². The SMILES string of the molecule is c1ccc2cc(-c3ccc4c(ccc5cc(N(c6ccc(-c7nc8ccccc8o7)cc6)c6ccc(-c7cccc8oc9cccnc9c78)cc6)ccc54)c3)ccc2c1. The van der Waals surface area contributed by atoms with Crippen LogP contribution in [0.1, 0.15) is 0 Å². The van der Waals surface area contributed by atoms with Crippen LogP contribution in [0.25, 0.3) is 99.2 Å². The van der Waals surface area contributed by atoms with Crippen LogP contribution in [-0.2, 0) is 0 Å². The molecule has 12 aromatic rings.